The Labute approximate surface area is 124 Å². The molecule has 0 fully saturated rings. The normalized spacial score (nSPS) is 10.2. The summed E-state index contributed by atoms with van der Waals surface area (Å²) in [5, 5.41) is 0. The number of benzene rings is 2. The Bertz CT molecular complexity index is 610. The summed E-state index contributed by atoms with van der Waals surface area (Å²) in [5.74, 6) is 0.502. The summed E-state index contributed by atoms with van der Waals surface area (Å²) >= 11 is 0. The van der Waals surface area contributed by atoms with Crippen molar-refractivity contribution in [2.45, 2.75) is 6.42 Å². The Morgan fingerprint density at radius 3 is 2.48 bits per heavy atom. The number of ether oxygens (including phenoxy) is 1. The average Bonchev–Trinajstić information content (AvgIpc) is 2.49. The zero-order valence-corrected chi connectivity index (χ0v) is 12.2. The van der Waals surface area contributed by atoms with Crippen LogP contribution in [0.4, 0.5) is 10.1 Å². The maximum atomic E-state index is 12.8. The van der Waals surface area contributed by atoms with Gasteiger partial charge in [-0.3, -0.25) is 4.79 Å². The van der Waals surface area contributed by atoms with Crippen LogP contribution in [0.3, 0.4) is 0 Å². The third-order valence-corrected chi connectivity index (χ3v) is 3.22. The number of rotatable bonds is 6. The van der Waals surface area contributed by atoms with Crippen LogP contribution in [-0.2, 0) is 11.2 Å². The lowest BCUT2D eigenvalue weighted by Gasteiger charge is -2.20. The first-order valence-electron chi connectivity index (χ1n) is 6.70. The standard InChI is InChI=1S/C17H18FNO2/c1-19(16-5-3-4-6-17(16)21-2)12-15(20)11-13-7-9-14(18)10-8-13/h3-10H,11-12H2,1-2H3. The summed E-state index contributed by atoms with van der Waals surface area (Å²) in [5.41, 5.74) is 1.68. The van der Waals surface area contributed by atoms with Crippen molar-refractivity contribution < 1.29 is 13.9 Å². The van der Waals surface area contributed by atoms with E-state index in [0.717, 1.165) is 17.0 Å². The van der Waals surface area contributed by atoms with E-state index in [9.17, 15) is 9.18 Å². The van der Waals surface area contributed by atoms with E-state index in [1.54, 1.807) is 19.2 Å². The summed E-state index contributed by atoms with van der Waals surface area (Å²) in [6, 6.07) is 13.6. The molecule has 2 aromatic carbocycles. The van der Waals surface area contributed by atoms with Crippen molar-refractivity contribution in [3.05, 3.63) is 59.9 Å². The van der Waals surface area contributed by atoms with E-state index in [-0.39, 0.29) is 18.1 Å². The zero-order valence-electron chi connectivity index (χ0n) is 12.2. The number of likely N-dealkylation sites (N-methyl/N-ethyl adjacent to an activating group) is 1. The third-order valence-electron chi connectivity index (χ3n) is 3.22. The molecule has 0 saturated carbocycles. The van der Waals surface area contributed by atoms with E-state index in [0.29, 0.717) is 6.42 Å². The molecule has 3 nitrogen and oxygen atoms in total. The smallest absolute Gasteiger partial charge is 0.156 e. The quantitative estimate of drug-likeness (QED) is 0.817. The van der Waals surface area contributed by atoms with Crippen LogP contribution in [0.2, 0.25) is 0 Å². The lowest BCUT2D eigenvalue weighted by atomic mass is 10.1. The van der Waals surface area contributed by atoms with Gasteiger partial charge < -0.3 is 9.64 Å². The number of methoxy groups -OCH3 is 1. The molecule has 0 atom stereocenters. The predicted octanol–water partition coefficient (Wildman–Crippen LogP) is 3.08. The minimum atomic E-state index is -0.294. The van der Waals surface area contributed by atoms with Gasteiger partial charge in [0.15, 0.2) is 5.78 Å². The number of carbonyl (C=O) groups is 1. The highest BCUT2D eigenvalue weighted by atomic mass is 19.1. The fourth-order valence-corrected chi connectivity index (χ4v) is 2.18. The molecule has 2 rings (SSSR count). The maximum absolute atomic E-state index is 12.8. The molecule has 0 amide bonds. The lowest BCUT2D eigenvalue weighted by Crippen LogP contribution is -2.27. The number of hydrogen-bond acceptors (Lipinski definition) is 3. The lowest BCUT2D eigenvalue weighted by molar-refractivity contribution is -0.117. The van der Waals surface area contributed by atoms with Gasteiger partial charge in [0.1, 0.15) is 11.6 Å². The van der Waals surface area contributed by atoms with Crippen molar-refractivity contribution in [1.29, 1.82) is 0 Å². The molecular formula is C17H18FNO2. The molecule has 0 aliphatic heterocycles. The van der Waals surface area contributed by atoms with Gasteiger partial charge in [0.2, 0.25) is 0 Å². The van der Waals surface area contributed by atoms with Crippen LogP contribution < -0.4 is 9.64 Å². The zero-order chi connectivity index (χ0) is 15.2. The van der Waals surface area contributed by atoms with Crippen LogP contribution in [-0.4, -0.2) is 26.5 Å². The minimum Gasteiger partial charge on any atom is -0.495 e. The van der Waals surface area contributed by atoms with Gasteiger partial charge in [-0.15, -0.1) is 0 Å². The van der Waals surface area contributed by atoms with Crippen LogP contribution >= 0.6 is 0 Å². The number of para-hydroxylation sites is 2. The van der Waals surface area contributed by atoms with Gasteiger partial charge in [-0.05, 0) is 29.8 Å². The number of hydrogen-bond donors (Lipinski definition) is 0. The van der Waals surface area contributed by atoms with Gasteiger partial charge in [-0.2, -0.15) is 0 Å². The highest BCUT2D eigenvalue weighted by Gasteiger charge is 2.12. The fraction of sp³-hybridized carbons (Fsp3) is 0.235. The van der Waals surface area contributed by atoms with Crippen molar-refractivity contribution in [1.82, 2.24) is 0 Å². The monoisotopic (exact) mass is 287 g/mol. The van der Waals surface area contributed by atoms with E-state index in [1.165, 1.54) is 12.1 Å². The topological polar surface area (TPSA) is 29.5 Å². The number of halogens is 1. The number of carbonyl (C=O) groups excluding carboxylic acids is 1. The number of anilines is 1. The van der Waals surface area contributed by atoms with Gasteiger partial charge in [0.25, 0.3) is 0 Å². The van der Waals surface area contributed by atoms with Gasteiger partial charge in [0.05, 0.1) is 19.3 Å². The van der Waals surface area contributed by atoms with Gasteiger partial charge in [-0.1, -0.05) is 24.3 Å². The van der Waals surface area contributed by atoms with Crippen LogP contribution in [0, 0.1) is 5.82 Å². The molecule has 110 valence electrons. The second-order valence-corrected chi connectivity index (χ2v) is 4.87. The molecule has 4 heteroatoms. The molecule has 0 unspecified atom stereocenters. The van der Waals surface area contributed by atoms with Crippen molar-refractivity contribution in [3.63, 3.8) is 0 Å². The van der Waals surface area contributed by atoms with Crippen LogP contribution in [0.5, 0.6) is 5.75 Å². The highest BCUT2D eigenvalue weighted by molar-refractivity contribution is 5.85. The third kappa shape index (κ3) is 4.05. The predicted molar refractivity (Wildman–Crippen MR) is 81.4 cm³/mol. The molecule has 0 saturated heterocycles. The molecule has 0 radical (unpaired) electrons. The van der Waals surface area contributed by atoms with Crippen LogP contribution in [0.1, 0.15) is 5.56 Å². The number of ketones is 1. The van der Waals surface area contributed by atoms with Crippen molar-refractivity contribution >= 4 is 11.5 Å². The molecule has 2 aromatic rings. The van der Waals surface area contributed by atoms with E-state index < -0.39 is 0 Å². The number of Topliss-reactive ketones (excluding diaryl/α,β-unsaturated/α-hetero) is 1. The summed E-state index contributed by atoms with van der Waals surface area (Å²) < 4.78 is 18.1. The minimum absolute atomic E-state index is 0.0648. The summed E-state index contributed by atoms with van der Waals surface area (Å²) in [7, 11) is 3.45. The largest absolute Gasteiger partial charge is 0.495 e. The molecule has 0 aliphatic rings. The van der Waals surface area contributed by atoms with E-state index in [2.05, 4.69) is 0 Å². The second-order valence-electron chi connectivity index (χ2n) is 4.87. The summed E-state index contributed by atoms with van der Waals surface area (Å²) in [6.07, 6.45) is 0.291. The average molecular weight is 287 g/mol. The van der Waals surface area contributed by atoms with Gasteiger partial charge in [-0.25, -0.2) is 4.39 Å². The van der Waals surface area contributed by atoms with Gasteiger partial charge >= 0.3 is 0 Å². The first-order chi connectivity index (χ1) is 10.1. The Morgan fingerprint density at radius 2 is 1.81 bits per heavy atom. The second kappa shape index (κ2) is 6.88. The van der Waals surface area contributed by atoms with E-state index >= 15 is 0 Å². The first-order valence-corrected chi connectivity index (χ1v) is 6.70. The first kappa shape index (κ1) is 15.0. The van der Waals surface area contributed by atoms with Crippen molar-refractivity contribution in [3.8, 4) is 5.75 Å². The summed E-state index contributed by atoms with van der Waals surface area (Å²) in [6.45, 7) is 0.276. The molecule has 0 spiro atoms. The Morgan fingerprint density at radius 1 is 1.14 bits per heavy atom. The fourth-order valence-electron chi connectivity index (χ4n) is 2.18. The van der Waals surface area contributed by atoms with E-state index in [4.69, 9.17) is 4.74 Å². The number of nitrogens with zero attached hydrogens (tertiary/aromatic N) is 1. The van der Waals surface area contributed by atoms with E-state index in [1.807, 2.05) is 36.2 Å². The van der Waals surface area contributed by atoms with Crippen molar-refractivity contribution in [2.24, 2.45) is 0 Å². The van der Waals surface area contributed by atoms with Crippen molar-refractivity contribution in [2.75, 3.05) is 25.6 Å². The molecule has 0 aromatic heterocycles. The molecule has 0 heterocycles. The Hall–Kier alpha value is -2.36. The van der Waals surface area contributed by atoms with Gasteiger partial charge in [0, 0.05) is 13.5 Å². The highest BCUT2D eigenvalue weighted by Crippen LogP contribution is 2.26. The van der Waals surface area contributed by atoms with Crippen LogP contribution in [0.25, 0.3) is 0 Å². The summed E-state index contributed by atoms with van der Waals surface area (Å²) in [4.78, 5) is 14.0. The SMILES string of the molecule is COc1ccccc1N(C)CC(=O)Cc1ccc(F)cc1. The molecule has 0 aliphatic carbocycles. The molecule has 0 bridgehead atoms. The Kier molecular flexibility index (Phi) is 4.93. The molecule has 0 N–H and O–H groups in total. The molecule has 21 heavy (non-hydrogen) atoms. The molecular weight excluding hydrogens is 269 g/mol. The van der Waals surface area contributed by atoms with Crippen LogP contribution in [0.15, 0.2) is 48.5 Å². The Balaban J connectivity index is 2.00. The maximum Gasteiger partial charge on any atom is 0.156 e.